The fraction of sp³-hybridized carbons (Fsp3) is 0.308. The highest BCUT2D eigenvalue weighted by atomic mass is 16.1. The molecular formula is C13H17N5O. The van der Waals surface area contributed by atoms with E-state index in [1.54, 1.807) is 18.5 Å². The van der Waals surface area contributed by atoms with Crippen LogP contribution in [0.15, 0.2) is 24.7 Å². The first-order valence-corrected chi connectivity index (χ1v) is 6.14. The SMILES string of the molecule is CCC(NC(=O)c1cnc(C)cc1N)c1ncc[nH]1. The topological polar surface area (TPSA) is 96.7 Å². The van der Waals surface area contributed by atoms with Crippen LogP contribution in [0, 0.1) is 6.92 Å². The molecule has 6 nitrogen and oxygen atoms in total. The van der Waals surface area contributed by atoms with E-state index in [-0.39, 0.29) is 11.9 Å². The predicted molar refractivity (Wildman–Crippen MR) is 72.5 cm³/mol. The molecule has 1 atom stereocenters. The summed E-state index contributed by atoms with van der Waals surface area (Å²) in [6.07, 6.45) is 5.62. The van der Waals surface area contributed by atoms with Crippen LogP contribution in [0.2, 0.25) is 0 Å². The van der Waals surface area contributed by atoms with E-state index < -0.39 is 0 Å². The second-order valence-corrected chi connectivity index (χ2v) is 4.32. The van der Waals surface area contributed by atoms with Crippen molar-refractivity contribution in [1.82, 2.24) is 20.3 Å². The molecule has 0 saturated carbocycles. The highest BCUT2D eigenvalue weighted by Crippen LogP contribution is 2.15. The van der Waals surface area contributed by atoms with Gasteiger partial charge in [0.15, 0.2) is 0 Å². The zero-order chi connectivity index (χ0) is 13.8. The largest absolute Gasteiger partial charge is 0.398 e. The van der Waals surface area contributed by atoms with Crippen LogP contribution in [0.3, 0.4) is 0 Å². The van der Waals surface area contributed by atoms with Crippen LogP contribution in [-0.2, 0) is 0 Å². The number of aromatic amines is 1. The number of nitrogen functional groups attached to an aromatic ring is 1. The molecule has 6 heteroatoms. The zero-order valence-corrected chi connectivity index (χ0v) is 11.0. The van der Waals surface area contributed by atoms with E-state index in [2.05, 4.69) is 20.3 Å². The predicted octanol–water partition coefficient (Wildman–Crippen LogP) is 1.58. The van der Waals surface area contributed by atoms with Crippen molar-refractivity contribution in [1.29, 1.82) is 0 Å². The Morgan fingerprint density at radius 1 is 1.53 bits per heavy atom. The quantitative estimate of drug-likeness (QED) is 0.776. The first-order valence-electron chi connectivity index (χ1n) is 6.14. The van der Waals surface area contributed by atoms with Crippen molar-refractivity contribution in [3.8, 4) is 0 Å². The third kappa shape index (κ3) is 2.90. The summed E-state index contributed by atoms with van der Waals surface area (Å²) in [5, 5.41) is 2.89. The molecule has 0 fully saturated rings. The first kappa shape index (κ1) is 13.1. The molecule has 0 aliphatic carbocycles. The maximum atomic E-state index is 12.2. The average molecular weight is 259 g/mol. The molecule has 100 valence electrons. The monoisotopic (exact) mass is 259 g/mol. The minimum atomic E-state index is -0.242. The molecule has 0 spiro atoms. The lowest BCUT2D eigenvalue weighted by atomic mass is 10.1. The van der Waals surface area contributed by atoms with Crippen LogP contribution >= 0.6 is 0 Å². The minimum absolute atomic E-state index is 0.164. The van der Waals surface area contributed by atoms with Crippen LogP contribution in [0.5, 0.6) is 0 Å². The van der Waals surface area contributed by atoms with Gasteiger partial charge in [-0.05, 0) is 19.4 Å². The smallest absolute Gasteiger partial charge is 0.255 e. The highest BCUT2D eigenvalue weighted by Gasteiger charge is 2.17. The third-order valence-corrected chi connectivity index (χ3v) is 2.88. The van der Waals surface area contributed by atoms with Crippen molar-refractivity contribution in [2.24, 2.45) is 0 Å². The number of aryl methyl sites for hydroxylation is 1. The normalized spacial score (nSPS) is 12.1. The van der Waals surface area contributed by atoms with Crippen LogP contribution < -0.4 is 11.1 Å². The lowest BCUT2D eigenvalue weighted by Crippen LogP contribution is -2.29. The van der Waals surface area contributed by atoms with Gasteiger partial charge in [0, 0.05) is 30.0 Å². The maximum absolute atomic E-state index is 12.2. The van der Waals surface area contributed by atoms with E-state index in [4.69, 9.17) is 5.73 Å². The molecule has 0 radical (unpaired) electrons. The Morgan fingerprint density at radius 2 is 2.32 bits per heavy atom. The van der Waals surface area contributed by atoms with E-state index >= 15 is 0 Å². The van der Waals surface area contributed by atoms with Crippen LogP contribution in [0.25, 0.3) is 0 Å². The van der Waals surface area contributed by atoms with Crippen molar-refractivity contribution in [3.05, 3.63) is 41.7 Å². The number of carbonyl (C=O) groups is 1. The van der Waals surface area contributed by atoms with Crippen molar-refractivity contribution >= 4 is 11.6 Å². The second-order valence-electron chi connectivity index (χ2n) is 4.32. The number of amides is 1. The van der Waals surface area contributed by atoms with E-state index in [1.165, 1.54) is 6.20 Å². The Kier molecular flexibility index (Phi) is 3.79. The molecule has 0 saturated heterocycles. The molecule has 1 amide bonds. The van der Waals surface area contributed by atoms with Gasteiger partial charge in [-0.15, -0.1) is 0 Å². The first-order chi connectivity index (χ1) is 9.11. The number of aromatic nitrogens is 3. The van der Waals surface area contributed by atoms with Gasteiger partial charge in [-0.2, -0.15) is 0 Å². The molecule has 0 aliphatic heterocycles. The Hall–Kier alpha value is -2.37. The minimum Gasteiger partial charge on any atom is -0.398 e. The lowest BCUT2D eigenvalue weighted by molar-refractivity contribution is 0.0934. The van der Waals surface area contributed by atoms with Gasteiger partial charge in [0.25, 0.3) is 5.91 Å². The molecular weight excluding hydrogens is 242 g/mol. The molecule has 0 bridgehead atoms. The van der Waals surface area contributed by atoms with Crippen LogP contribution in [-0.4, -0.2) is 20.9 Å². The number of H-pyrrole nitrogens is 1. The molecule has 2 aromatic rings. The van der Waals surface area contributed by atoms with Gasteiger partial charge in [-0.3, -0.25) is 9.78 Å². The van der Waals surface area contributed by atoms with Gasteiger partial charge in [0.05, 0.1) is 11.6 Å². The number of imidazole rings is 1. The van der Waals surface area contributed by atoms with Gasteiger partial charge in [-0.25, -0.2) is 4.98 Å². The Bertz CT molecular complexity index is 564. The molecule has 2 aromatic heterocycles. The summed E-state index contributed by atoms with van der Waals surface area (Å²) in [4.78, 5) is 23.4. The Balaban J connectivity index is 2.16. The Morgan fingerprint density at radius 3 is 2.89 bits per heavy atom. The van der Waals surface area contributed by atoms with Gasteiger partial charge >= 0.3 is 0 Å². The lowest BCUT2D eigenvalue weighted by Gasteiger charge is -2.15. The summed E-state index contributed by atoms with van der Waals surface area (Å²) in [5.74, 6) is 0.489. The number of hydrogen-bond donors (Lipinski definition) is 3. The summed E-state index contributed by atoms with van der Waals surface area (Å²) < 4.78 is 0. The highest BCUT2D eigenvalue weighted by molar-refractivity contribution is 5.99. The van der Waals surface area contributed by atoms with Gasteiger partial charge in [0.2, 0.25) is 0 Å². The fourth-order valence-corrected chi connectivity index (χ4v) is 1.84. The summed E-state index contributed by atoms with van der Waals surface area (Å²) in [5.41, 5.74) is 7.43. The average Bonchev–Trinajstić information content (AvgIpc) is 2.89. The summed E-state index contributed by atoms with van der Waals surface area (Å²) in [6.45, 7) is 3.81. The number of nitrogens with zero attached hydrogens (tertiary/aromatic N) is 2. The Labute approximate surface area is 111 Å². The van der Waals surface area contributed by atoms with Gasteiger partial charge in [-0.1, -0.05) is 6.92 Å². The van der Waals surface area contributed by atoms with Crippen molar-refractivity contribution in [2.45, 2.75) is 26.3 Å². The molecule has 2 heterocycles. The second kappa shape index (κ2) is 5.51. The van der Waals surface area contributed by atoms with Crippen molar-refractivity contribution in [3.63, 3.8) is 0 Å². The van der Waals surface area contributed by atoms with E-state index in [9.17, 15) is 4.79 Å². The standard InChI is InChI=1S/C13H17N5O/c1-3-11(12-15-4-5-16-12)18-13(19)9-7-17-8(2)6-10(9)14/h4-7,11H,3H2,1-2H3,(H2,14,17)(H,15,16)(H,18,19). The third-order valence-electron chi connectivity index (χ3n) is 2.88. The van der Waals surface area contributed by atoms with Gasteiger partial charge in [0.1, 0.15) is 5.82 Å². The molecule has 19 heavy (non-hydrogen) atoms. The number of hydrogen-bond acceptors (Lipinski definition) is 4. The van der Waals surface area contributed by atoms with Crippen molar-refractivity contribution in [2.75, 3.05) is 5.73 Å². The number of nitrogens with one attached hydrogen (secondary N) is 2. The molecule has 0 aliphatic rings. The number of pyridine rings is 1. The number of carbonyl (C=O) groups excluding carboxylic acids is 1. The van der Waals surface area contributed by atoms with Crippen molar-refractivity contribution < 1.29 is 4.79 Å². The van der Waals surface area contributed by atoms with E-state index in [0.29, 0.717) is 11.3 Å². The molecule has 2 rings (SSSR count). The summed E-state index contributed by atoms with van der Waals surface area (Å²) in [7, 11) is 0. The van der Waals surface area contributed by atoms with E-state index in [1.807, 2.05) is 13.8 Å². The number of nitrogens with two attached hydrogens (primary N) is 1. The molecule has 0 aromatic carbocycles. The van der Waals surface area contributed by atoms with Crippen LogP contribution in [0.1, 0.15) is 41.3 Å². The fourth-order valence-electron chi connectivity index (χ4n) is 1.84. The molecule has 4 N–H and O–H groups in total. The van der Waals surface area contributed by atoms with Gasteiger partial charge < -0.3 is 16.0 Å². The molecule has 1 unspecified atom stereocenters. The summed E-state index contributed by atoms with van der Waals surface area (Å²) in [6, 6.07) is 1.52. The number of rotatable bonds is 4. The zero-order valence-electron chi connectivity index (χ0n) is 11.0. The number of anilines is 1. The van der Waals surface area contributed by atoms with E-state index in [0.717, 1.165) is 17.9 Å². The summed E-state index contributed by atoms with van der Waals surface area (Å²) >= 11 is 0. The van der Waals surface area contributed by atoms with Crippen LogP contribution in [0.4, 0.5) is 5.69 Å². The maximum Gasteiger partial charge on any atom is 0.255 e.